The van der Waals surface area contributed by atoms with Crippen molar-refractivity contribution in [1.29, 1.82) is 0 Å². The maximum absolute atomic E-state index is 13.8. The third-order valence-electron chi connectivity index (χ3n) is 4.83. The van der Waals surface area contributed by atoms with Crippen LogP contribution >= 0.6 is 0 Å². The first-order chi connectivity index (χ1) is 12.1. The van der Waals surface area contributed by atoms with Gasteiger partial charge in [-0.05, 0) is 25.0 Å². The molecule has 3 rings (SSSR count). The molecule has 0 saturated carbocycles. The van der Waals surface area contributed by atoms with E-state index in [9.17, 15) is 14.0 Å². The molecule has 6 nitrogen and oxygen atoms in total. The zero-order chi connectivity index (χ0) is 17.6. The molecular formula is C18H24FN3O3. The molecule has 7 heteroatoms. The third kappa shape index (κ3) is 4.48. The molecule has 0 aromatic heterocycles. The number of carbonyl (C=O) groups excluding carboxylic acids is 2. The number of halogens is 1. The van der Waals surface area contributed by atoms with Crippen molar-refractivity contribution in [3.05, 3.63) is 30.1 Å². The van der Waals surface area contributed by atoms with Gasteiger partial charge in [0.15, 0.2) is 0 Å². The number of nitrogens with zero attached hydrogens (tertiary/aromatic N) is 2. The van der Waals surface area contributed by atoms with Gasteiger partial charge >= 0.3 is 0 Å². The Hall–Kier alpha value is -2.15. The highest BCUT2D eigenvalue weighted by atomic mass is 19.1. The highest BCUT2D eigenvalue weighted by Gasteiger charge is 2.25. The van der Waals surface area contributed by atoms with E-state index in [-0.39, 0.29) is 30.1 Å². The molecule has 0 bridgehead atoms. The smallest absolute Gasteiger partial charge is 0.242 e. The topological polar surface area (TPSA) is 61.9 Å². The number of hydrogen-bond donors (Lipinski definition) is 1. The van der Waals surface area contributed by atoms with E-state index in [2.05, 4.69) is 5.32 Å². The molecule has 2 fully saturated rings. The molecule has 2 heterocycles. The van der Waals surface area contributed by atoms with Crippen LogP contribution in [0.4, 0.5) is 10.1 Å². The Morgan fingerprint density at radius 2 is 1.80 bits per heavy atom. The summed E-state index contributed by atoms with van der Waals surface area (Å²) in [5, 5.41) is 2.74. The van der Waals surface area contributed by atoms with Gasteiger partial charge in [0.2, 0.25) is 11.8 Å². The van der Waals surface area contributed by atoms with E-state index in [1.165, 1.54) is 6.07 Å². The van der Waals surface area contributed by atoms with Crippen molar-refractivity contribution in [3.8, 4) is 0 Å². The molecule has 0 radical (unpaired) electrons. The van der Waals surface area contributed by atoms with Crippen LogP contribution in [0.1, 0.15) is 12.8 Å². The Morgan fingerprint density at radius 1 is 1.12 bits per heavy atom. The third-order valence-corrected chi connectivity index (χ3v) is 4.83. The van der Waals surface area contributed by atoms with Crippen LogP contribution in [0.5, 0.6) is 0 Å². The van der Waals surface area contributed by atoms with Gasteiger partial charge in [-0.25, -0.2) is 4.39 Å². The minimum Gasteiger partial charge on any atom is -0.381 e. The Morgan fingerprint density at radius 3 is 2.48 bits per heavy atom. The minimum atomic E-state index is -0.244. The van der Waals surface area contributed by atoms with Gasteiger partial charge < -0.3 is 19.9 Å². The molecular weight excluding hydrogens is 325 g/mol. The summed E-state index contributed by atoms with van der Waals surface area (Å²) in [6.45, 7) is 3.45. The van der Waals surface area contributed by atoms with Crippen LogP contribution in [-0.4, -0.2) is 62.7 Å². The number of rotatable bonds is 4. The second-order valence-electron chi connectivity index (χ2n) is 6.42. The van der Waals surface area contributed by atoms with Gasteiger partial charge in [0.1, 0.15) is 5.82 Å². The van der Waals surface area contributed by atoms with Crippen molar-refractivity contribution in [2.24, 2.45) is 5.92 Å². The van der Waals surface area contributed by atoms with Gasteiger partial charge in [0, 0.05) is 45.3 Å². The lowest BCUT2D eigenvalue weighted by atomic mass is 9.99. The number of hydrogen-bond acceptors (Lipinski definition) is 4. The van der Waals surface area contributed by atoms with Crippen molar-refractivity contribution in [3.63, 3.8) is 0 Å². The first-order valence-corrected chi connectivity index (χ1v) is 8.78. The summed E-state index contributed by atoms with van der Waals surface area (Å²) in [5.41, 5.74) is 0.572. The van der Waals surface area contributed by atoms with Gasteiger partial charge in [0.05, 0.1) is 12.2 Å². The van der Waals surface area contributed by atoms with Gasteiger partial charge in [0.25, 0.3) is 0 Å². The minimum absolute atomic E-state index is 0.0237. The SMILES string of the molecule is O=C(NCC(=O)N1CCN(c2ccccc2F)CC1)C1CCOCC1. The Balaban J connectivity index is 1.44. The highest BCUT2D eigenvalue weighted by Crippen LogP contribution is 2.20. The standard InChI is InChI=1S/C18H24FN3O3/c19-15-3-1-2-4-16(15)21-7-9-22(10-8-21)17(23)13-20-18(24)14-5-11-25-12-6-14/h1-4,14H,5-13H2,(H,20,24). The summed E-state index contributed by atoms with van der Waals surface area (Å²) in [4.78, 5) is 28.0. The second kappa shape index (κ2) is 8.29. The fraction of sp³-hybridized carbons (Fsp3) is 0.556. The van der Waals surface area contributed by atoms with Gasteiger partial charge in [-0.15, -0.1) is 0 Å². The van der Waals surface area contributed by atoms with Crippen LogP contribution in [0.25, 0.3) is 0 Å². The molecule has 0 aliphatic carbocycles. The quantitative estimate of drug-likeness (QED) is 0.882. The highest BCUT2D eigenvalue weighted by molar-refractivity contribution is 5.86. The average Bonchev–Trinajstić information content (AvgIpc) is 2.67. The summed E-state index contributed by atoms with van der Waals surface area (Å²) in [6.07, 6.45) is 1.42. The molecule has 2 aliphatic rings. The summed E-state index contributed by atoms with van der Waals surface area (Å²) in [5.74, 6) is -0.458. The predicted molar refractivity (Wildman–Crippen MR) is 91.7 cm³/mol. The Kier molecular flexibility index (Phi) is 5.86. The molecule has 2 saturated heterocycles. The monoisotopic (exact) mass is 349 g/mol. The molecule has 2 amide bonds. The predicted octanol–water partition coefficient (Wildman–Crippen LogP) is 1.02. The van der Waals surface area contributed by atoms with E-state index >= 15 is 0 Å². The zero-order valence-corrected chi connectivity index (χ0v) is 14.2. The number of nitrogens with one attached hydrogen (secondary N) is 1. The lowest BCUT2D eigenvalue weighted by Crippen LogP contribution is -2.51. The van der Waals surface area contributed by atoms with Gasteiger partial charge in [-0.3, -0.25) is 9.59 Å². The Bertz CT molecular complexity index is 611. The van der Waals surface area contributed by atoms with Crippen LogP contribution in [0.2, 0.25) is 0 Å². The van der Waals surface area contributed by atoms with E-state index in [0.29, 0.717) is 57.9 Å². The molecule has 1 aromatic rings. The van der Waals surface area contributed by atoms with E-state index in [1.807, 2.05) is 11.0 Å². The van der Waals surface area contributed by atoms with Crippen molar-refractivity contribution >= 4 is 17.5 Å². The van der Waals surface area contributed by atoms with Crippen molar-refractivity contribution < 1.29 is 18.7 Å². The Labute approximate surface area is 146 Å². The van der Waals surface area contributed by atoms with Crippen molar-refractivity contribution in [1.82, 2.24) is 10.2 Å². The number of anilines is 1. The number of piperazine rings is 1. The van der Waals surface area contributed by atoms with Crippen LogP contribution in [0, 0.1) is 11.7 Å². The summed E-state index contributed by atoms with van der Waals surface area (Å²) in [7, 11) is 0. The first kappa shape index (κ1) is 17.7. The number of amides is 2. The fourth-order valence-corrected chi connectivity index (χ4v) is 3.28. The number of carbonyl (C=O) groups is 2. The molecule has 25 heavy (non-hydrogen) atoms. The van der Waals surface area contributed by atoms with E-state index in [0.717, 1.165) is 0 Å². The summed E-state index contributed by atoms with van der Waals surface area (Å²) >= 11 is 0. The molecule has 1 aromatic carbocycles. The maximum Gasteiger partial charge on any atom is 0.242 e. The zero-order valence-electron chi connectivity index (χ0n) is 14.2. The molecule has 136 valence electrons. The summed E-state index contributed by atoms with van der Waals surface area (Å²) < 4.78 is 19.1. The normalized spacial score (nSPS) is 18.9. The summed E-state index contributed by atoms with van der Waals surface area (Å²) in [6, 6.07) is 6.67. The van der Waals surface area contributed by atoms with Crippen LogP contribution in [0.15, 0.2) is 24.3 Å². The van der Waals surface area contributed by atoms with Gasteiger partial charge in [-0.2, -0.15) is 0 Å². The fourth-order valence-electron chi connectivity index (χ4n) is 3.28. The van der Waals surface area contributed by atoms with Crippen molar-refractivity contribution in [2.45, 2.75) is 12.8 Å². The van der Waals surface area contributed by atoms with Crippen LogP contribution < -0.4 is 10.2 Å². The molecule has 0 spiro atoms. The van der Waals surface area contributed by atoms with Crippen molar-refractivity contribution in [2.75, 3.05) is 50.8 Å². The molecule has 0 unspecified atom stereocenters. The number of benzene rings is 1. The second-order valence-corrected chi connectivity index (χ2v) is 6.42. The van der Waals surface area contributed by atoms with Gasteiger partial charge in [-0.1, -0.05) is 12.1 Å². The van der Waals surface area contributed by atoms with E-state index < -0.39 is 0 Å². The number of ether oxygens (including phenoxy) is 1. The van der Waals surface area contributed by atoms with E-state index in [1.54, 1.807) is 17.0 Å². The lowest BCUT2D eigenvalue weighted by Gasteiger charge is -2.36. The van der Waals surface area contributed by atoms with Crippen LogP contribution in [0.3, 0.4) is 0 Å². The largest absolute Gasteiger partial charge is 0.381 e. The van der Waals surface area contributed by atoms with Crippen LogP contribution in [-0.2, 0) is 14.3 Å². The number of para-hydroxylation sites is 1. The molecule has 2 aliphatic heterocycles. The van der Waals surface area contributed by atoms with E-state index in [4.69, 9.17) is 4.74 Å². The maximum atomic E-state index is 13.8. The molecule has 1 N–H and O–H groups in total. The lowest BCUT2D eigenvalue weighted by molar-refractivity contribution is -0.135. The first-order valence-electron chi connectivity index (χ1n) is 8.78. The average molecular weight is 349 g/mol. The molecule has 0 atom stereocenters.